The number of ether oxygens (including phenoxy) is 1. The van der Waals surface area contributed by atoms with Crippen molar-refractivity contribution in [1.82, 2.24) is 9.97 Å². The summed E-state index contributed by atoms with van der Waals surface area (Å²) in [6.07, 6.45) is 1.53. The van der Waals surface area contributed by atoms with Gasteiger partial charge in [0.2, 0.25) is 5.95 Å². The smallest absolute Gasteiger partial charge is 0.332 e. The van der Waals surface area contributed by atoms with E-state index in [0.717, 1.165) is 0 Å². The lowest BCUT2D eigenvalue weighted by atomic mass is 10.2. The number of nitrogens with one attached hydrogen (secondary N) is 2. The van der Waals surface area contributed by atoms with Crippen molar-refractivity contribution >= 4 is 40.8 Å². The van der Waals surface area contributed by atoms with E-state index in [1.54, 1.807) is 37.4 Å². The quantitative estimate of drug-likeness (QED) is 0.547. The lowest BCUT2D eigenvalue weighted by Crippen LogP contribution is -2.32. The van der Waals surface area contributed by atoms with Gasteiger partial charge in [-0.3, -0.25) is 0 Å². The Bertz CT molecular complexity index is 1000. The number of methoxy groups -OCH3 is 1. The Morgan fingerprint density at radius 2 is 1.93 bits per heavy atom. The molecule has 0 unspecified atom stereocenters. The highest BCUT2D eigenvalue weighted by atomic mass is 35.5. The number of halogens is 2. The van der Waals surface area contributed by atoms with Crippen molar-refractivity contribution < 1.29 is 13.9 Å². The Balaban J connectivity index is 1.95. The molecule has 0 radical (unpaired) electrons. The van der Waals surface area contributed by atoms with Crippen LogP contribution in [-0.4, -0.2) is 35.8 Å². The van der Waals surface area contributed by atoms with Gasteiger partial charge in [0.1, 0.15) is 11.6 Å². The van der Waals surface area contributed by atoms with Gasteiger partial charge in [0.25, 0.3) is 0 Å². The molecule has 0 aliphatic rings. The summed E-state index contributed by atoms with van der Waals surface area (Å²) in [6, 6.07) is 13.4. The van der Waals surface area contributed by atoms with Crippen molar-refractivity contribution in [2.75, 3.05) is 29.3 Å². The third kappa shape index (κ3) is 5.43. The van der Waals surface area contributed by atoms with Crippen molar-refractivity contribution in [1.29, 1.82) is 0 Å². The summed E-state index contributed by atoms with van der Waals surface area (Å²) in [6.45, 7) is 2.38. The standard InChI is InChI=1S/C21H21ClFN5O2/c1-14(13-30-2)25-20-24-12-11-19(27-20)28(16-9-7-15(23)8-10-16)21(29)26-18-6-4-3-5-17(18)22/h3-12,14H,13H2,1-2H3,(H,26,29)(H,24,25,27)/t14-/m0/s1. The molecule has 0 bridgehead atoms. The maximum Gasteiger partial charge on any atom is 0.332 e. The van der Waals surface area contributed by atoms with Crippen LogP contribution in [0.4, 0.5) is 32.3 Å². The van der Waals surface area contributed by atoms with E-state index in [4.69, 9.17) is 16.3 Å². The van der Waals surface area contributed by atoms with Crippen LogP contribution < -0.4 is 15.5 Å². The topological polar surface area (TPSA) is 79.4 Å². The van der Waals surface area contributed by atoms with Crippen LogP contribution in [0.5, 0.6) is 0 Å². The zero-order chi connectivity index (χ0) is 21.5. The molecule has 3 aromatic rings. The van der Waals surface area contributed by atoms with Gasteiger partial charge in [-0.05, 0) is 43.3 Å². The Hall–Kier alpha value is -3.23. The zero-order valence-corrected chi connectivity index (χ0v) is 17.2. The highest BCUT2D eigenvalue weighted by Gasteiger charge is 2.21. The number of nitrogens with zero attached hydrogens (tertiary/aromatic N) is 3. The lowest BCUT2D eigenvalue weighted by molar-refractivity contribution is 0.190. The number of carbonyl (C=O) groups excluding carboxylic acids is 1. The molecule has 0 saturated carbocycles. The van der Waals surface area contributed by atoms with E-state index < -0.39 is 11.8 Å². The number of hydrogen-bond donors (Lipinski definition) is 2. The summed E-state index contributed by atoms with van der Waals surface area (Å²) in [5.74, 6) is 0.214. The first-order valence-electron chi connectivity index (χ1n) is 9.17. The van der Waals surface area contributed by atoms with Gasteiger partial charge in [0.05, 0.1) is 23.0 Å². The average Bonchev–Trinajstić information content (AvgIpc) is 2.72. The van der Waals surface area contributed by atoms with Crippen LogP contribution in [0, 0.1) is 5.82 Å². The predicted molar refractivity (Wildman–Crippen MR) is 116 cm³/mol. The van der Waals surface area contributed by atoms with Gasteiger partial charge in [-0.1, -0.05) is 23.7 Å². The largest absolute Gasteiger partial charge is 0.383 e. The summed E-state index contributed by atoms with van der Waals surface area (Å²) in [4.78, 5) is 23.1. The van der Waals surface area contributed by atoms with Crippen molar-refractivity contribution in [2.45, 2.75) is 13.0 Å². The third-order valence-electron chi connectivity index (χ3n) is 4.07. The van der Waals surface area contributed by atoms with Gasteiger partial charge in [0.15, 0.2) is 0 Å². The second-order valence-electron chi connectivity index (χ2n) is 6.46. The number of anilines is 4. The average molecular weight is 430 g/mol. The first-order valence-corrected chi connectivity index (χ1v) is 9.55. The van der Waals surface area contributed by atoms with Crippen LogP contribution in [0.2, 0.25) is 5.02 Å². The molecule has 3 rings (SSSR count). The molecule has 0 fully saturated rings. The van der Waals surface area contributed by atoms with Crippen LogP contribution in [-0.2, 0) is 4.74 Å². The summed E-state index contributed by atoms with van der Waals surface area (Å²) < 4.78 is 18.6. The lowest BCUT2D eigenvalue weighted by Gasteiger charge is -2.23. The van der Waals surface area contributed by atoms with Crippen LogP contribution in [0.15, 0.2) is 60.8 Å². The van der Waals surface area contributed by atoms with Gasteiger partial charge >= 0.3 is 6.03 Å². The third-order valence-corrected chi connectivity index (χ3v) is 4.40. The molecule has 1 atom stereocenters. The molecular weight excluding hydrogens is 409 g/mol. The Morgan fingerprint density at radius 3 is 2.63 bits per heavy atom. The van der Waals surface area contributed by atoms with Crippen LogP contribution >= 0.6 is 11.6 Å². The molecule has 2 amide bonds. The fourth-order valence-electron chi connectivity index (χ4n) is 2.73. The first-order chi connectivity index (χ1) is 14.5. The van der Waals surface area contributed by atoms with Crippen molar-refractivity contribution in [3.05, 3.63) is 71.6 Å². The fourth-order valence-corrected chi connectivity index (χ4v) is 2.92. The van der Waals surface area contributed by atoms with E-state index in [0.29, 0.717) is 34.8 Å². The SMILES string of the molecule is COC[C@H](C)Nc1nccc(N(C(=O)Nc2ccccc2Cl)c2ccc(F)cc2)n1. The number of rotatable bonds is 7. The summed E-state index contributed by atoms with van der Waals surface area (Å²) in [5, 5.41) is 6.26. The number of benzene rings is 2. The minimum atomic E-state index is -0.510. The molecule has 0 aliphatic carbocycles. The van der Waals surface area contributed by atoms with Gasteiger partial charge < -0.3 is 15.4 Å². The van der Waals surface area contributed by atoms with E-state index in [9.17, 15) is 9.18 Å². The van der Waals surface area contributed by atoms with E-state index in [-0.39, 0.29) is 6.04 Å². The first kappa shape index (κ1) is 21.5. The second kappa shape index (κ2) is 10.00. The van der Waals surface area contributed by atoms with Gasteiger partial charge in [-0.15, -0.1) is 0 Å². The number of aromatic nitrogens is 2. The summed E-state index contributed by atoms with van der Waals surface area (Å²) in [5.41, 5.74) is 0.868. The van der Waals surface area contributed by atoms with E-state index >= 15 is 0 Å². The number of urea groups is 1. The van der Waals surface area contributed by atoms with Gasteiger partial charge in [-0.2, -0.15) is 4.98 Å². The molecule has 7 nitrogen and oxygen atoms in total. The minimum Gasteiger partial charge on any atom is -0.383 e. The van der Waals surface area contributed by atoms with Crippen LogP contribution in [0.3, 0.4) is 0 Å². The number of para-hydroxylation sites is 1. The Morgan fingerprint density at radius 1 is 1.20 bits per heavy atom. The van der Waals surface area contributed by atoms with E-state index in [2.05, 4.69) is 20.6 Å². The maximum absolute atomic E-state index is 13.4. The zero-order valence-electron chi connectivity index (χ0n) is 16.5. The second-order valence-corrected chi connectivity index (χ2v) is 6.87. The van der Waals surface area contributed by atoms with E-state index in [1.807, 2.05) is 6.92 Å². The van der Waals surface area contributed by atoms with Crippen molar-refractivity contribution in [3.8, 4) is 0 Å². The monoisotopic (exact) mass is 429 g/mol. The highest BCUT2D eigenvalue weighted by Crippen LogP contribution is 2.27. The summed E-state index contributed by atoms with van der Waals surface area (Å²) >= 11 is 6.17. The van der Waals surface area contributed by atoms with Gasteiger partial charge in [0, 0.05) is 25.4 Å². The molecular formula is C21H21ClFN5O2. The highest BCUT2D eigenvalue weighted by molar-refractivity contribution is 6.33. The van der Waals surface area contributed by atoms with E-state index in [1.165, 1.54) is 35.4 Å². The predicted octanol–water partition coefficient (Wildman–Crippen LogP) is 5.09. The van der Waals surface area contributed by atoms with Gasteiger partial charge in [-0.25, -0.2) is 19.1 Å². The number of carbonyl (C=O) groups is 1. The van der Waals surface area contributed by atoms with Crippen LogP contribution in [0.25, 0.3) is 0 Å². The molecule has 0 spiro atoms. The number of hydrogen-bond acceptors (Lipinski definition) is 5. The molecule has 9 heteroatoms. The molecule has 30 heavy (non-hydrogen) atoms. The molecule has 156 valence electrons. The molecule has 0 saturated heterocycles. The molecule has 0 aliphatic heterocycles. The molecule has 2 N–H and O–H groups in total. The minimum absolute atomic E-state index is 0.0403. The normalized spacial score (nSPS) is 11.6. The molecule has 1 heterocycles. The van der Waals surface area contributed by atoms with Crippen molar-refractivity contribution in [2.24, 2.45) is 0 Å². The molecule has 2 aromatic carbocycles. The fraction of sp³-hybridized carbons (Fsp3) is 0.190. The van der Waals surface area contributed by atoms with Crippen molar-refractivity contribution in [3.63, 3.8) is 0 Å². The Labute approximate surface area is 178 Å². The maximum atomic E-state index is 13.4. The van der Waals surface area contributed by atoms with Crippen LogP contribution in [0.1, 0.15) is 6.92 Å². The Kier molecular flexibility index (Phi) is 7.16. The molecule has 1 aromatic heterocycles. The summed E-state index contributed by atoms with van der Waals surface area (Å²) in [7, 11) is 1.60. The number of amides is 2.